The number of hydrogen-bond acceptors (Lipinski definition) is 9. The fourth-order valence-electron chi connectivity index (χ4n) is 2.80. The van der Waals surface area contributed by atoms with Crippen molar-refractivity contribution in [3.05, 3.63) is 59.8 Å². The first-order valence-electron chi connectivity index (χ1n) is 9.30. The fourth-order valence-corrected chi connectivity index (χ4v) is 3.81. The number of ether oxygens (including phenoxy) is 2. The third-order valence-electron chi connectivity index (χ3n) is 4.38. The molecule has 0 bridgehead atoms. The first-order chi connectivity index (χ1) is 14.8. The third kappa shape index (κ3) is 5.74. The van der Waals surface area contributed by atoms with Crippen molar-refractivity contribution in [3.8, 4) is 11.5 Å². The van der Waals surface area contributed by atoms with Gasteiger partial charge in [-0.25, -0.2) is 18.1 Å². The van der Waals surface area contributed by atoms with Crippen molar-refractivity contribution >= 4 is 27.5 Å². The minimum Gasteiger partial charge on any atom is -0.493 e. The van der Waals surface area contributed by atoms with E-state index in [1.54, 1.807) is 18.3 Å². The predicted octanol–water partition coefficient (Wildman–Crippen LogP) is 1.18. The maximum Gasteiger partial charge on any atom is 0.240 e. The lowest BCUT2D eigenvalue weighted by atomic mass is 10.1. The Morgan fingerprint density at radius 3 is 2.45 bits per heavy atom. The van der Waals surface area contributed by atoms with E-state index in [2.05, 4.69) is 14.7 Å². The Kier molecular flexibility index (Phi) is 6.78. The summed E-state index contributed by atoms with van der Waals surface area (Å²) in [7, 11) is -2.13. The van der Waals surface area contributed by atoms with Crippen molar-refractivity contribution in [2.45, 2.75) is 11.3 Å². The molecule has 7 N–H and O–H groups in total. The second kappa shape index (κ2) is 9.49. The van der Waals surface area contributed by atoms with Crippen molar-refractivity contribution in [2.75, 3.05) is 37.5 Å². The van der Waals surface area contributed by atoms with Crippen molar-refractivity contribution in [2.24, 2.45) is 0 Å². The van der Waals surface area contributed by atoms with E-state index in [-0.39, 0.29) is 24.0 Å². The van der Waals surface area contributed by atoms with E-state index in [1.165, 1.54) is 31.4 Å². The Labute approximate surface area is 180 Å². The molecule has 1 aromatic heterocycles. The number of nitrogen functional groups attached to an aromatic ring is 3. The summed E-state index contributed by atoms with van der Waals surface area (Å²) in [5.74, 6) is 1.41. The van der Waals surface area contributed by atoms with Gasteiger partial charge in [-0.1, -0.05) is 6.07 Å². The highest BCUT2D eigenvalue weighted by molar-refractivity contribution is 7.89. The lowest BCUT2D eigenvalue weighted by Crippen LogP contribution is -2.28. The summed E-state index contributed by atoms with van der Waals surface area (Å²) < 4.78 is 38.2. The normalized spacial score (nSPS) is 11.3. The molecule has 0 saturated heterocycles. The molecule has 0 atom stereocenters. The Morgan fingerprint density at radius 1 is 1.03 bits per heavy atom. The van der Waals surface area contributed by atoms with Gasteiger partial charge in [0.15, 0.2) is 11.5 Å². The average Bonchev–Trinajstić information content (AvgIpc) is 2.74. The molecule has 0 aliphatic carbocycles. The van der Waals surface area contributed by atoms with Crippen LogP contribution in [0, 0.1) is 0 Å². The van der Waals surface area contributed by atoms with E-state index in [9.17, 15) is 8.42 Å². The molecule has 3 aromatic rings. The van der Waals surface area contributed by atoms with Crippen molar-refractivity contribution < 1.29 is 17.9 Å². The van der Waals surface area contributed by atoms with Crippen LogP contribution in [0.4, 0.5) is 17.5 Å². The maximum absolute atomic E-state index is 12.3. The van der Waals surface area contributed by atoms with Gasteiger partial charge < -0.3 is 26.7 Å². The van der Waals surface area contributed by atoms with Crippen LogP contribution in [-0.2, 0) is 16.4 Å². The number of aromatic nitrogens is 2. The molecule has 3 rings (SSSR count). The number of methoxy groups -OCH3 is 1. The zero-order valence-electron chi connectivity index (χ0n) is 16.9. The van der Waals surface area contributed by atoms with Gasteiger partial charge in [0.1, 0.15) is 12.4 Å². The summed E-state index contributed by atoms with van der Waals surface area (Å²) in [6.07, 6.45) is 2.05. The van der Waals surface area contributed by atoms with Crippen LogP contribution in [0.3, 0.4) is 0 Å². The first kappa shape index (κ1) is 22.1. The molecule has 11 heteroatoms. The number of rotatable bonds is 9. The molecule has 0 saturated carbocycles. The number of nitrogens with one attached hydrogen (secondary N) is 1. The van der Waals surface area contributed by atoms with E-state index in [4.69, 9.17) is 26.7 Å². The van der Waals surface area contributed by atoms with E-state index >= 15 is 0 Å². The zero-order chi connectivity index (χ0) is 22.4. The topological polar surface area (TPSA) is 168 Å². The monoisotopic (exact) mass is 444 g/mol. The molecule has 1 heterocycles. The van der Waals surface area contributed by atoms with Crippen LogP contribution >= 0.6 is 0 Å². The maximum atomic E-state index is 12.3. The second-order valence-electron chi connectivity index (χ2n) is 6.62. The molecule has 0 unspecified atom stereocenters. The van der Waals surface area contributed by atoms with Gasteiger partial charge in [-0.2, -0.15) is 4.98 Å². The Morgan fingerprint density at radius 2 is 1.77 bits per heavy atom. The molecule has 0 radical (unpaired) electrons. The van der Waals surface area contributed by atoms with Gasteiger partial charge in [-0.3, -0.25) is 0 Å². The standard InChI is InChI=1S/C20H24N6O4S/c1-29-17-7-2-13(10-14-12-24-20(23)26-19(14)22)11-18(17)30-9-8-25-31(27,28)16-5-3-15(21)4-6-16/h2-7,11-12,25H,8-10,21H2,1H3,(H4,22,23,24,26). The average molecular weight is 445 g/mol. The molecule has 10 nitrogen and oxygen atoms in total. The smallest absolute Gasteiger partial charge is 0.240 e. The Balaban J connectivity index is 1.64. The molecule has 0 aliphatic heterocycles. The van der Waals surface area contributed by atoms with Crippen LogP contribution in [-0.4, -0.2) is 38.6 Å². The molecule has 0 amide bonds. The van der Waals surface area contributed by atoms with Crippen LogP contribution in [0.5, 0.6) is 11.5 Å². The van der Waals surface area contributed by atoms with Gasteiger partial charge in [-0.05, 0) is 42.0 Å². The lowest BCUT2D eigenvalue weighted by Gasteiger charge is -2.13. The van der Waals surface area contributed by atoms with E-state index < -0.39 is 10.0 Å². The number of nitrogens with zero attached hydrogens (tertiary/aromatic N) is 2. The molecule has 0 aliphatic rings. The van der Waals surface area contributed by atoms with E-state index in [0.29, 0.717) is 29.4 Å². The van der Waals surface area contributed by atoms with Gasteiger partial charge in [0.2, 0.25) is 16.0 Å². The fraction of sp³-hybridized carbons (Fsp3) is 0.200. The number of nitrogens with two attached hydrogens (primary N) is 3. The van der Waals surface area contributed by atoms with Gasteiger partial charge in [0.25, 0.3) is 0 Å². The lowest BCUT2D eigenvalue weighted by molar-refractivity contribution is 0.298. The highest BCUT2D eigenvalue weighted by atomic mass is 32.2. The minimum absolute atomic E-state index is 0.0683. The van der Waals surface area contributed by atoms with Gasteiger partial charge in [-0.15, -0.1) is 0 Å². The van der Waals surface area contributed by atoms with Crippen LogP contribution in [0.1, 0.15) is 11.1 Å². The van der Waals surface area contributed by atoms with Crippen LogP contribution in [0.25, 0.3) is 0 Å². The molecule has 31 heavy (non-hydrogen) atoms. The van der Waals surface area contributed by atoms with Crippen LogP contribution in [0.15, 0.2) is 53.6 Å². The molecular weight excluding hydrogens is 420 g/mol. The zero-order valence-corrected chi connectivity index (χ0v) is 17.7. The van der Waals surface area contributed by atoms with Gasteiger partial charge >= 0.3 is 0 Å². The highest BCUT2D eigenvalue weighted by Crippen LogP contribution is 2.29. The summed E-state index contributed by atoms with van der Waals surface area (Å²) in [5, 5.41) is 0. The molecule has 0 fully saturated rings. The highest BCUT2D eigenvalue weighted by Gasteiger charge is 2.14. The molecule has 164 valence electrons. The van der Waals surface area contributed by atoms with Gasteiger partial charge in [0, 0.05) is 30.4 Å². The summed E-state index contributed by atoms with van der Waals surface area (Å²) in [6, 6.07) is 11.4. The van der Waals surface area contributed by atoms with Crippen molar-refractivity contribution in [1.29, 1.82) is 0 Å². The van der Waals surface area contributed by atoms with E-state index in [1.807, 2.05) is 6.07 Å². The van der Waals surface area contributed by atoms with Crippen LogP contribution < -0.4 is 31.4 Å². The second-order valence-corrected chi connectivity index (χ2v) is 8.38. The number of anilines is 3. The van der Waals surface area contributed by atoms with E-state index in [0.717, 1.165) is 11.1 Å². The van der Waals surface area contributed by atoms with Crippen molar-refractivity contribution in [1.82, 2.24) is 14.7 Å². The summed E-state index contributed by atoms with van der Waals surface area (Å²) in [5.41, 5.74) is 19.1. The molecule has 2 aromatic carbocycles. The summed E-state index contributed by atoms with van der Waals surface area (Å²) in [4.78, 5) is 8.05. The summed E-state index contributed by atoms with van der Waals surface area (Å²) >= 11 is 0. The van der Waals surface area contributed by atoms with Crippen molar-refractivity contribution in [3.63, 3.8) is 0 Å². The molecule has 0 spiro atoms. The third-order valence-corrected chi connectivity index (χ3v) is 5.86. The minimum atomic E-state index is -3.66. The number of sulfonamides is 1. The Hall–Kier alpha value is -3.57. The molecular formula is C20H24N6O4S. The summed E-state index contributed by atoms with van der Waals surface area (Å²) in [6.45, 7) is 0.167. The first-order valence-corrected chi connectivity index (χ1v) is 10.8. The number of hydrogen-bond donors (Lipinski definition) is 4. The SMILES string of the molecule is COc1ccc(Cc2cnc(N)nc2N)cc1OCCNS(=O)(=O)c1ccc(N)cc1. The number of benzene rings is 2. The largest absolute Gasteiger partial charge is 0.493 e. The quantitative estimate of drug-likeness (QED) is 0.280. The van der Waals surface area contributed by atoms with Crippen LogP contribution in [0.2, 0.25) is 0 Å². The Bertz CT molecular complexity index is 1150. The van der Waals surface area contributed by atoms with Gasteiger partial charge in [0.05, 0.1) is 12.0 Å². The predicted molar refractivity (Wildman–Crippen MR) is 118 cm³/mol.